The van der Waals surface area contributed by atoms with E-state index < -0.39 is 12.1 Å². The molecule has 4 aromatic carbocycles. The number of rotatable bonds is 25. The van der Waals surface area contributed by atoms with Gasteiger partial charge in [0.25, 0.3) is 0 Å². The topological polar surface area (TPSA) is 129 Å². The summed E-state index contributed by atoms with van der Waals surface area (Å²) in [7, 11) is 0. The van der Waals surface area contributed by atoms with Crippen molar-refractivity contribution in [1.29, 1.82) is 0 Å². The molecule has 2 atom stereocenters. The monoisotopic (exact) mass is 706 g/mol. The molecule has 0 radical (unpaired) electrons. The van der Waals surface area contributed by atoms with Crippen molar-refractivity contribution in [3.05, 3.63) is 131 Å². The third-order valence-corrected chi connectivity index (χ3v) is 9.13. The summed E-state index contributed by atoms with van der Waals surface area (Å²) in [6.07, 6.45) is 12.4. The highest BCUT2D eigenvalue weighted by Gasteiger charge is 2.15. The van der Waals surface area contributed by atoms with E-state index in [9.17, 15) is 9.59 Å². The maximum Gasteiger partial charge on any atom is 0.237 e. The average molecular weight is 707 g/mol. The van der Waals surface area contributed by atoms with Gasteiger partial charge in [0.1, 0.15) is 24.7 Å². The summed E-state index contributed by atoms with van der Waals surface area (Å²) in [5, 5.41) is 5.99. The van der Waals surface area contributed by atoms with E-state index in [1.807, 2.05) is 109 Å². The molecule has 0 fully saturated rings. The smallest absolute Gasteiger partial charge is 0.237 e. The quantitative estimate of drug-likeness (QED) is 0.0532. The molecule has 0 aliphatic heterocycles. The van der Waals surface area contributed by atoms with Gasteiger partial charge in [-0.2, -0.15) is 0 Å². The molecule has 0 aliphatic rings. The van der Waals surface area contributed by atoms with Crippen LogP contribution >= 0.6 is 0 Å². The number of hydrogen-bond donors (Lipinski definition) is 4. The number of nitrogens with one attached hydrogen (secondary N) is 2. The zero-order chi connectivity index (χ0) is 36.6. The second-order valence-electron chi connectivity index (χ2n) is 13.6. The van der Waals surface area contributed by atoms with Gasteiger partial charge < -0.3 is 31.6 Å². The van der Waals surface area contributed by atoms with Gasteiger partial charge in [0.05, 0.1) is 12.1 Å². The van der Waals surface area contributed by atoms with Crippen LogP contribution < -0.4 is 31.6 Å². The van der Waals surface area contributed by atoms with Gasteiger partial charge >= 0.3 is 0 Å². The Morgan fingerprint density at radius 3 is 1.12 bits per heavy atom. The average Bonchev–Trinajstić information content (AvgIpc) is 3.18. The summed E-state index contributed by atoms with van der Waals surface area (Å²) < 4.78 is 11.7. The summed E-state index contributed by atoms with van der Waals surface area (Å²) in [5.41, 5.74) is 16.6. The van der Waals surface area contributed by atoms with E-state index in [4.69, 9.17) is 20.9 Å². The van der Waals surface area contributed by atoms with Gasteiger partial charge in [-0.3, -0.25) is 9.59 Å². The summed E-state index contributed by atoms with van der Waals surface area (Å²) in [6.45, 7) is 2.37. The van der Waals surface area contributed by atoms with Crippen molar-refractivity contribution in [1.82, 2.24) is 10.6 Å². The molecule has 4 aromatic rings. The second-order valence-corrected chi connectivity index (χ2v) is 13.6. The molecule has 0 unspecified atom stereocenters. The summed E-state index contributed by atoms with van der Waals surface area (Å²) in [5.74, 6) is 1.40. The third-order valence-electron chi connectivity index (χ3n) is 9.13. The van der Waals surface area contributed by atoms with Gasteiger partial charge in [-0.05, 0) is 72.2 Å². The van der Waals surface area contributed by atoms with Crippen LogP contribution in [0, 0.1) is 0 Å². The van der Waals surface area contributed by atoms with Crippen molar-refractivity contribution in [3.8, 4) is 11.5 Å². The maximum atomic E-state index is 12.5. The molecule has 0 bridgehead atoms. The lowest BCUT2D eigenvalue weighted by Crippen LogP contribution is -2.42. The number of carbonyl (C=O) groups is 2. The van der Waals surface area contributed by atoms with Crippen LogP contribution in [0.5, 0.6) is 11.5 Å². The summed E-state index contributed by atoms with van der Waals surface area (Å²) in [4.78, 5) is 24.9. The van der Waals surface area contributed by atoms with Crippen molar-refractivity contribution in [2.75, 3.05) is 13.1 Å². The Hall–Kier alpha value is -4.66. The zero-order valence-electron chi connectivity index (χ0n) is 30.6. The molecular formula is C44H58N4O4. The largest absolute Gasteiger partial charge is 0.489 e. The minimum atomic E-state index is -0.564. The van der Waals surface area contributed by atoms with Crippen LogP contribution in [0.15, 0.2) is 109 Å². The first-order valence-electron chi connectivity index (χ1n) is 19.0. The fourth-order valence-corrected chi connectivity index (χ4v) is 5.97. The lowest BCUT2D eigenvalue weighted by atomic mass is 10.0. The molecular weight excluding hydrogens is 649 g/mol. The van der Waals surface area contributed by atoms with E-state index in [-0.39, 0.29) is 11.8 Å². The van der Waals surface area contributed by atoms with Crippen LogP contribution in [0.4, 0.5) is 0 Å². The normalized spacial score (nSPS) is 12.1. The number of nitrogens with two attached hydrogens (primary N) is 2. The van der Waals surface area contributed by atoms with E-state index in [1.54, 1.807) is 0 Å². The first kappa shape index (κ1) is 40.1. The molecule has 8 heteroatoms. The Morgan fingerprint density at radius 1 is 0.442 bits per heavy atom. The molecule has 52 heavy (non-hydrogen) atoms. The molecule has 0 aliphatic carbocycles. The lowest BCUT2D eigenvalue weighted by molar-refractivity contribution is -0.123. The van der Waals surface area contributed by atoms with Crippen molar-refractivity contribution in [2.45, 2.75) is 102 Å². The molecule has 0 heterocycles. The van der Waals surface area contributed by atoms with Gasteiger partial charge in [-0.15, -0.1) is 0 Å². The number of unbranched alkanes of at least 4 members (excludes halogenated alkanes) is 9. The van der Waals surface area contributed by atoms with E-state index in [0.717, 1.165) is 59.4 Å². The van der Waals surface area contributed by atoms with Gasteiger partial charge in [-0.1, -0.05) is 136 Å². The van der Waals surface area contributed by atoms with Gasteiger partial charge in [0, 0.05) is 13.1 Å². The SMILES string of the molecule is N[C@@H](Cc1ccc(OCc2ccccc2)cc1)C(=O)NCCCCCCCCCCCCNC(=O)[C@@H](N)Cc1ccc(OCc2ccccc2)cc1. The molecule has 4 rings (SSSR count). The summed E-state index contributed by atoms with van der Waals surface area (Å²) >= 11 is 0. The lowest BCUT2D eigenvalue weighted by Gasteiger charge is -2.13. The first-order valence-corrected chi connectivity index (χ1v) is 19.0. The van der Waals surface area contributed by atoms with Gasteiger partial charge in [-0.25, -0.2) is 0 Å². The molecule has 6 N–H and O–H groups in total. The van der Waals surface area contributed by atoms with E-state index >= 15 is 0 Å². The Kier molecular flexibility index (Phi) is 18.3. The van der Waals surface area contributed by atoms with Gasteiger partial charge in [0.2, 0.25) is 11.8 Å². The fourth-order valence-electron chi connectivity index (χ4n) is 5.97. The highest BCUT2D eigenvalue weighted by molar-refractivity contribution is 5.82. The second kappa shape index (κ2) is 23.7. The first-order chi connectivity index (χ1) is 25.5. The minimum absolute atomic E-state index is 0.0983. The van der Waals surface area contributed by atoms with E-state index in [1.165, 1.54) is 38.5 Å². The maximum absolute atomic E-state index is 12.5. The number of benzene rings is 4. The number of ether oxygens (including phenoxy) is 2. The molecule has 8 nitrogen and oxygen atoms in total. The molecule has 0 aromatic heterocycles. The third kappa shape index (κ3) is 16.1. The van der Waals surface area contributed by atoms with Crippen LogP contribution in [0.25, 0.3) is 0 Å². The highest BCUT2D eigenvalue weighted by atomic mass is 16.5. The molecule has 0 saturated carbocycles. The molecule has 0 spiro atoms. The van der Waals surface area contributed by atoms with Crippen molar-refractivity contribution < 1.29 is 19.1 Å². The van der Waals surface area contributed by atoms with Crippen LogP contribution in [0.2, 0.25) is 0 Å². The van der Waals surface area contributed by atoms with E-state index in [0.29, 0.717) is 39.1 Å². The van der Waals surface area contributed by atoms with E-state index in [2.05, 4.69) is 10.6 Å². The van der Waals surface area contributed by atoms with Crippen molar-refractivity contribution in [3.63, 3.8) is 0 Å². The number of hydrogen-bond acceptors (Lipinski definition) is 6. The van der Waals surface area contributed by atoms with Crippen LogP contribution in [-0.2, 0) is 35.6 Å². The molecule has 2 amide bonds. The van der Waals surface area contributed by atoms with Crippen LogP contribution in [-0.4, -0.2) is 37.0 Å². The molecule has 0 saturated heterocycles. The Labute approximate surface area is 310 Å². The van der Waals surface area contributed by atoms with Crippen LogP contribution in [0.1, 0.15) is 86.5 Å². The summed E-state index contributed by atoms with van der Waals surface area (Å²) in [6, 6.07) is 34.6. The predicted molar refractivity (Wildman–Crippen MR) is 210 cm³/mol. The number of carbonyl (C=O) groups excluding carboxylic acids is 2. The van der Waals surface area contributed by atoms with Crippen LogP contribution in [0.3, 0.4) is 0 Å². The minimum Gasteiger partial charge on any atom is -0.489 e. The Bertz CT molecular complexity index is 1430. The fraction of sp³-hybridized carbons (Fsp3) is 0.409. The Morgan fingerprint density at radius 2 is 0.769 bits per heavy atom. The highest BCUT2D eigenvalue weighted by Crippen LogP contribution is 2.17. The Balaban J connectivity index is 0.917. The standard InChI is InChI=1S/C44H58N4O4/c45-41(31-35-21-25-39(26-22-35)51-33-37-17-11-9-12-18-37)43(49)47-29-15-7-5-3-1-2-4-6-8-16-30-48-44(50)42(46)32-36-23-27-40(28-24-36)52-34-38-19-13-10-14-20-38/h9-14,17-28,41-42H,1-8,15-16,29-34,45-46H2,(H,47,49)(H,48,50)/t41-,42-/m0/s1. The zero-order valence-corrected chi connectivity index (χ0v) is 30.6. The molecule has 278 valence electrons. The van der Waals surface area contributed by atoms with Crippen molar-refractivity contribution >= 4 is 11.8 Å². The van der Waals surface area contributed by atoms with Crippen molar-refractivity contribution in [2.24, 2.45) is 11.5 Å². The predicted octanol–water partition coefficient (Wildman–Crippen LogP) is 7.42. The van der Waals surface area contributed by atoms with Gasteiger partial charge in [0.15, 0.2) is 0 Å². The number of amides is 2.